The number of nitrogens with zero attached hydrogens (tertiary/aromatic N) is 4. The Balaban J connectivity index is 1.07. The number of rotatable bonds is 9. The summed E-state index contributed by atoms with van der Waals surface area (Å²) in [5.74, 6) is 1.20. The molecule has 0 unspecified atom stereocenters. The van der Waals surface area contributed by atoms with E-state index in [2.05, 4.69) is 179 Å². The number of hydrogen-bond donors (Lipinski definition) is 0. The minimum absolute atomic E-state index is 0.0518. The van der Waals surface area contributed by atoms with Crippen LogP contribution >= 0.6 is 0 Å². The molecule has 12 aromatic rings. The van der Waals surface area contributed by atoms with Gasteiger partial charge in [-0.15, -0.1) is 0 Å². The van der Waals surface area contributed by atoms with Crippen molar-refractivity contribution in [2.24, 2.45) is 0 Å². The number of ether oxygens (including phenoxy) is 1. The van der Waals surface area contributed by atoms with E-state index in [1.165, 1.54) is 17.8 Å². The van der Waals surface area contributed by atoms with Crippen molar-refractivity contribution in [2.45, 2.75) is 118 Å². The lowest BCUT2D eigenvalue weighted by molar-refractivity contribution is -0.571. The highest BCUT2D eigenvalue weighted by molar-refractivity contribution is 6.09. The monoisotopic (exact) mass is 1100 g/mol. The lowest BCUT2D eigenvalue weighted by atomic mass is 9.78. The SMILES string of the molecule is [2H]c1c([2H])c([2H])c(-c2cnc(-n3c4ccccc4c4ccc(Oc5cccc(-n6[c-][n+](-c7c(-c8cccc(C(C)(C)C)c8)cc(C([2H])([2H])[2H])cc7-c7cc(C(C)(C)C)cc(C(C)(C)C)c7)c7ccc(-c8ccc(C(C)(C)C)cc8)cc76)c5)cc43)cc2C([2H])([2H])[2H])c([2H])c1[2H]. The van der Waals surface area contributed by atoms with Crippen LogP contribution in [0.25, 0.3) is 94.5 Å². The van der Waals surface area contributed by atoms with Crippen LogP contribution in [0.4, 0.5) is 0 Å². The van der Waals surface area contributed by atoms with Crippen LogP contribution in [0.5, 0.6) is 11.5 Å². The van der Waals surface area contributed by atoms with Crippen LogP contribution < -0.4 is 9.30 Å². The number of aromatic nitrogens is 4. The number of aryl methyl sites for hydroxylation is 2. The van der Waals surface area contributed by atoms with Crippen molar-refractivity contribution in [2.75, 3.05) is 0 Å². The molecule has 0 spiro atoms. The van der Waals surface area contributed by atoms with E-state index in [1.807, 2.05) is 88.0 Å². The molecule has 0 saturated heterocycles. The van der Waals surface area contributed by atoms with Gasteiger partial charge in [-0.1, -0.05) is 234 Å². The summed E-state index contributed by atoms with van der Waals surface area (Å²) in [7, 11) is 0. The van der Waals surface area contributed by atoms with Crippen molar-refractivity contribution in [3.8, 4) is 73.2 Å². The van der Waals surface area contributed by atoms with E-state index in [4.69, 9.17) is 24.8 Å². The Morgan fingerprint density at radius 1 is 0.470 bits per heavy atom. The van der Waals surface area contributed by atoms with E-state index < -0.39 is 43.9 Å². The molecule has 0 N–H and O–H groups in total. The van der Waals surface area contributed by atoms with Gasteiger partial charge in [0.2, 0.25) is 0 Å². The van der Waals surface area contributed by atoms with Gasteiger partial charge in [0.15, 0.2) is 0 Å². The molecular formula is C78H76N4O. The van der Waals surface area contributed by atoms with Gasteiger partial charge in [-0.2, -0.15) is 0 Å². The van der Waals surface area contributed by atoms with Crippen LogP contribution in [-0.2, 0) is 21.7 Å². The van der Waals surface area contributed by atoms with Gasteiger partial charge in [0.05, 0.1) is 40.3 Å². The quantitative estimate of drug-likeness (QED) is 0.107. The second-order valence-electron chi connectivity index (χ2n) is 26.1. The molecule has 0 fully saturated rings. The lowest BCUT2D eigenvalue weighted by Gasteiger charge is -2.27. The summed E-state index contributed by atoms with van der Waals surface area (Å²) in [6.07, 6.45) is 5.16. The second kappa shape index (κ2) is 20.6. The van der Waals surface area contributed by atoms with Gasteiger partial charge in [0.25, 0.3) is 6.33 Å². The zero-order valence-corrected chi connectivity index (χ0v) is 49.4. The average Bonchev–Trinajstić information content (AvgIpc) is 1.35. The van der Waals surface area contributed by atoms with E-state index in [1.54, 1.807) is 0 Å². The predicted molar refractivity (Wildman–Crippen MR) is 348 cm³/mol. The summed E-state index contributed by atoms with van der Waals surface area (Å²) >= 11 is 0. The van der Waals surface area contributed by atoms with Crippen LogP contribution in [0.1, 0.15) is 132 Å². The van der Waals surface area contributed by atoms with E-state index in [0.717, 1.165) is 88.8 Å². The zero-order valence-electron chi connectivity index (χ0n) is 60.4. The molecule has 5 heteroatoms. The lowest BCUT2D eigenvalue weighted by Crippen LogP contribution is -2.31. The van der Waals surface area contributed by atoms with Crippen LogP contribution in [0.15, 0.2) is 206 Å². The third-order valence-corrected chi connectivity index (χ3v) is 15.9. The Morgan fingerprint density at radius 3 is 1.82 bits per heavy atom. The third-order valence-electron chi connectivity index (χ3n) is 15.9. The van der Waals surface area contributed by atoms with Crippen molar-refractivity contribution < 1.29 is 24.4 Å². The topological polar surface area (TPSA) is 35.9 Å². The summed E-state index contributed by atoms with van der Waals surface area (Å²) in [6.45, 7) is 21.2. The summed E-state index contributed by atoms with van der Waals surface area (Å²) < 4.78 is 109. The van der Waals surface area contributed by atoms with E-state index in [0.29, 0.717) is 17.0 Å². The molecule has 0 bridgehead atoms. The molecule has 5 nitrogen and oxygen atoms in total. The Hall–Kier alpha value is -8.80. The first-order valence-corrected chi connectivity index (χ1v) is 28.4. The van der Waals surface area contributed by atoms with Crippen molar-refractivity contribution in [1.82, 2.24) is 14.1 Å². The first-order valence-electron chi connectivity index (χ1n) is 33.9. The molecule has 3 heterocycles. The number of benzene rings is 9. The number of pyridine rings is 1. The summed E-state index contributed by atoms with van der Waals surface area (Å²) in [4.78, 5) is 4.79. The number of para-hydroxylation sites is 1. The molecule has 83 heavy (non-hydrogen) atoms. The maximum absolute atomic E-state index is 9.05. The fourth-order valence-corrected chi connectivity index (χ4v) is 11.2. The van der Waals surface area contributed by atoms with E-state index in [-0.39, 0.29) is 49.7 Å². The summed E-state index contributed by atoms with van der Waals surface area (Å²) in [6, 6.07) is 53.8. The summed E-state index contributed by atoms with van der Waals surface area (Å²) in [5, 5.41) is 1.70. The maximum Gasteiger partial charge on any atom is 0.269 e. The highest BCUT2D eigenvalue weighted by Crippen LogP contribution is 2.42. The van der Waals surface area contributed by atoms with Crippen LogP contribution in [0.3, 0.4) is 0 Å². The first kappa shape index (κ1) is 43.0. The number of hydrogen-bond acceptors (Lipinski definition) is 2. The molecule has 0 aliphatic carbocycles. The molecule has 0 radical (unpaired) electrons. The molecule has 0 atom stereocenters. The molecule has 414 valence electrons. The van der Waals surface area contributed by atoms with Gasteiger partial charge in [-0.05, 0) is 151 Å². The Bertz CT molecular complexity index is 4940. The minimum Gasteiger partial charge on any atom is -0.458 e. The second-order valence-corrected chi connectivity index (χ2v) is 26.1. The van der Waals surface area contributed by atoms with Crippen molar-refractivity contribution in [1.29, 1.82) is 0 Å². The molecule has 9 aromatic carbocycles. The van der Waals surface area contributed by atoms with Gasteiger partial charge in [0, 0.05) is 36.8 Å². The molecule has 0 saturated carbocycles. The molecule has 3 aromatic heterocycles. The van der Waals surface area contributed by atoms with Gasteiger partial charge < -0.3 is 4.74 Å². The fraction of sp³-hybridized carbons (Fsp3) is 0.231. The fourth-order valence-electron chi connectivity index (χ4n) is 11.2. The molecule has 0 aliphatic heterocycles. The number of imidazole rings is 1. The van der Waals surface area contributed by atoms with Crippen LogP contribution in [0.2, 0.25) is 0 Å². The predicted octanol–water partition coefficient (Wildman–Crippen LogP) is 20.5. The maximum atomic E-state index is 9.05. The Kier molecular flexibility index (Phi) is 10.6. The Morgan fingerprint density at radius 2 is 1.12 bits per heavy atom. The summed E-state index contributed by atoms with van der Waals surface area (Å²) in [5.41, 5.74) is 13.1. The highest BCUT2D eigenvalue weighted by atomic mass is 16.5. The average molecular weight is 1100 g/mol. The Labute approximate surface area is 507 Å². The van der Waals surface area contributed by atoms with Crippen molar-refractivity contribution >= 4 is 32.8 Å². The van der Waals surface area contributed by atoms with Gasteiger partial charge >= 0.3 is 0 Å². The standard InChI is InChI=1S/C78H76N4O/c1-50-38-66(55-24-20-25-58(41-55)76(6,7)8)74(67(39-50)56-42-59(77(9,10)11)45-60(43-56)78(12,13)14)81-49-80(72-44-54(32-37-70(72)81)52-30-33-57(34-31-52)75(3,4)5)61-26-21-27-62(46-61)83-63-35-36-65-64-28-18-19-29-69(64)82(71(65)47-63)73-40-51(2)68(48-79-73)53-22-16-15-17-23-53/h15-48H,1-14H3/i1D3,2D3,15D,16D,17D,22D,23D. The van der Waals surface area contributed by atoms with Crippen LogP contribution in [0, 0.1) is 20.0 Å². The van der Waals surface area contributed by atoms with E-state index >= 15 is 0 Å². The van der Waals surface area contributed by atoms with E-state index in [9.17, 15) is 0 Å². The molecule has 0 aliphatic rings. The van der Waals surface area contributed by atoms with Crippen molar-refractivity contribution in [3.63, 3.8) is 0 Å². The highest BCUT2D eigenvalue weighted by Gasteiger charge is 2.27. The molecular weight excluding hydrogens is 1010 g/mol. The van der Waals surface area contributed by atoms with Gasteiger partial charge in [-0.3, -0.25) is 13.7 Å². The largest absolute Gasteiger partial charge is 0.458 e. The van der Waals surface area contributed by atoms with Gasteiger partial charge in [0.1, 0.15) is 17.3 Å². The van der Waals surface area contributed by atoms with Gasteiger partial charge in [-0.25, -0.2) is 4.98 Å². The first-order chi connectivity index (χ1) is 43.9. The normalized spacial score (nSPS) is 14.7. The minimum atomic E-state index is -2.78. The molecule has 12 rings (SSSR count). The van der Waals surface area contributed by atoms with Crippen molar-refractivity contribution in [3.05, 3.63) is 246 Å². The van der Waals surface area contributed by atoms with Crippen LogP contribution in [-0.4, -0.2) is 14.1 Å². The molecule has 0 amide bonds. The smallest absolute Gasteiger partial charge is 0.269 e. The number of fused-ring (bicyclic) bond motifs is 4. The zero-order chi connectivity index (χ0) is 67.7. The third kappa shape index (κ3) is 10.6.